The molecular formula is C50H84N2O40. The number of ether oxygens (including phenoxy) is 13. The maximum atomic E-state index is 12.5. The Morgan fingerprint density at radius 3 is 1.28 bits per heavy atom. The van der Waals surface area contributed by atoms with Gasteiger partial charge in [-0.3, -0.25) is 9.59 Å². The molecule has 0 aliphatic carbocycles. The molecule has 0 aromatic carbocycles. The molecule has 0 spiro atoms. The third kappa shape index (κ3) is 16.2. The highest BCUT2D eigenvalue weighted by molar-refractivity contribution is 5.75. The zero-order valence-corrected chi connectivity index (χ0v) is 48.7. The number of hydrogen-bond donors (Lipinski definition) is 26. The summed E-state index contributed by atoms with van der Waals surface area (Å²) in [5.74, 6) is -7.11. The van der Waals surface area contributed by atoms with Gasteiger partial charge in [-0.25, -0.2) is 4.79 Å². The van der Waals surface area contributed by atoms with Crippen molar-refractivity contribution in [2.24, 2.45) is 0 Å². The maximum Gasteiger partial charge on any atom is 0.364 e. The van der Waals surface area contributed by atoms with Crippen LogP contribution in [0.2, 0.25) is 0 Å². The van der Waals surface area contributed by atoms with Gasteiger partial charge in [-0.2, -0.15) is 0 Å². The number of aliphatic hydroxyl groups is 23. The molecule has 0 aromatic rings. The number of nitrogens with one attached hydrogen (secondary N) is 2. The van der Waals surface area contributed by atoms with Gasteiger partial charge < -0.3 is 195 Å². The van der Waals surface area contributed by atoms with Gasteiger partial charge in [-0.1, -0.05) is 0 Å². The van der Waals surface area contributed by atoms with E-state index in [9.17, 15) is 137 Å². The zero-order chi connectivity index (χ0) is 68.3. The van der Waals surface area contributed by atoms with Gasteiger partial charge in [0.25, 0.3) is 5.79 Å². The fraction of sp³-hybridized carbons (Fsp3) is 0.940. The summed E-state index contributed by atoms with van der Waals surface area (Å²) >= 11 is 0. The second-order valence-electron chi connectivity index (χ2n) is 23.0. The van der Waals surface area contributed by atoms with E-state index in [1.165, 1.54) is 0 Å². The van der Waals surface area contributed by atoms with Crippen LogP contribution in [-0.2, 0) is 76.0 Å². The molecule has 42 heteroatoms. The van der Waals surface area contributed by atoms with E-state index >= 15 is 0 Å². The summed E-state index contributed by atoms with van der Waals surface area (Å²) in [6.45, 7) is -6.28. The van der Waals surface area contributed by atoms with E-state index in [2.05, 4.69) is 10.6 Å². The molecule has 534 valence electrons. The maximum absolute atomic E-state index is 12.5. The molecule has 42 nitrogen and oxygen atoms in total. The lowest BCUT2D eigenvalue weighted by Gasteiger charge is -2.52. The van der Waals surface area contributed by atoms with Crippen molar-refractivity contribution in [2.75, 3.05) is 46.2 Å². The van der Waals surface area contributed by atoms with Crippen LogP contribution in [0.4, 0.5) is 0 Å². The van der Waals surface area contributed by atoms with Crippen LogP contribution in [0.15, 0.2) is 0 Å². The largest absolute Gasteiger partial charge is 0.477 e. The molecule has 0 radical (unpaired) electrons. The Morgan fingerprint density at radius 2 is 0.783 bits per heavy atom. The molecule has 37 atom stereocenters. The molecule has 7 fully saturated rings. The summed E-state index contributed by atoms with van der Waals surface area (Å²) < 4.78 is 75.5. The Balaban J connectivity index is 1.25. The van der Waals surface area contributed by atoms with Crippen LogP contribution in [0.5, 0.6) is 0 Å². The van der Waals surface area contributed by atoms with Crippen molar-refractivity contribution in [2.45, 2.75) is 247 Å². The molecule has 7 heterocycles. The van der Waals surface area contributed by atoms with Crippen molar-refractivity contribution in [3.8, 4) is 0 Å². The Labute approximate surface area is 519 Å². The average molecular weight is 1350 g/mol. The van der Waals surface area contributed by atoms with Gasteiger partial charge >= 0.3 is 5.97 Å². The first-order valence-corrected chi connectivity index (χ1v) is 28.9. The van der Waals surface area contributed by atoms with Crippen LogP contribution in [-0.4, -0.2) is 413 Å². The highest BCUT2D eigenvalue weighted by Crippen LogP contribution is 2.41. The molecule has 7 rings (SSSR count). The zero-order valence-electron chi connectivity index (χ0n) is 48.7. The number of aliphatic carboxylic acids is 1. The van der Waals surface area contributed by atoms with Crippen molar-refractivity contribution < 1.29 is 199 Å². The number of carboxylic acid groups (broad SMARTS) is 1. The highest BCUT2D eigenvalue weighted by atomic mass is 16.8. The lowest BCUT2D eigenvalue weighted by atomic mass is 9.91. The van der Waals surface area contributed by atoms with Gasteiger partial charge in [-0.05, 0) is 0 Å². The van der Waals surface area contributed by atoms with Crippen molar-refractivity contribution in [1.82, 2.24) is 10.6 Å². The number of aliphatic hydroxyl groups excluding tert-OH is 22. The summed E-state index contributed by atoms with van der Waals surface area (Å²) in [6, 6.07) is -3.50. The van der Waals surface area contributed by atoms with Gasteiger partial charge in [0.05, 0.1) is 52.4 Å². The predicted octanol–water partition coefficient (Wildman–Crippen LogP) is -17.4. The van der Waals surface area contributed by atoms with Gasteiger partial charge in [0.2, 0.25) is 11.8 Å². The Hall–Kier alpha value is -3.03. The first kappa shape index (κ1) is 76.3. The minimum absolute atomic E-state index is 0.807. The molecule has 7 saturated heterocycles. The quantitative estimate of drug-likeness (QED) is 0.0404. The molecule has 0 unspecified atom stereocenters. The van der Waals surface area contributed by atoms with Crippen LogP contribution >= 0.6 is 0 Å². The molecule has 2 amide bonds. The van der Waals surface area contributed by atoms with Crippen LogP contribution in [0.25, 0.3) is 0 Å². The minimum Gasteiger partial charge on any atom is -0.477 e. The number of rotatable bonds is 25. The third-order valence-corrected chi connectivity index (χ3v) is 16.6. The average Bonchev–Trinajstić information content (AvgIpc) is 0.768. The normalized spacial score (nSPS) is 48.0. The molecule has 7 aliphatic heterocycles. The van der Waals surface area contributed by atoms with E-state index in [1.807, 2.05) is 0 Å². The topological polar surface area (TPSA) is 681 Å². The lowest BCUT2D eigenvalue weighted by Crippen LogP contribution is -2.71. The van der Waals surface area contributed by atoms with E-state index in [0.717, 1.165) is 13.8 Å². The first-order valence-electron chi connectivity index (χ1n) is 28.9. The van der Waals surface area contributed by atoms with Crippen molar-refractivity contribution in [3.63, 3.8) is 0 Å². The Morgan fingerprint density at radius 1 is 0.402 bits per heavy atom. The van der Waals surface area contributed by atoms with Crippen LogP contribution in [0, 0.1) is 0 Å². The second-order valence-corrected chi connectivity index (χ2v) is 23.0. The summed E-state index contributed by atoms with van der Waals surface area (Å²) in [7, 11) is 0. The standard InChI is InChI=1S/C50H84N2O40/c1-11(60)51-21-26(69)23(66)17(7-56)80-43(21)88-39-25(68)19(9-58)82-46(32(39)75)87-38-20(10-59)83-45(31(74)30(38)73)91-42-36(15(64)5-54)86-47(85-35-13(62)3-50(79,49(77)78)92-37(35)16(65)6-55)33(76)40(42)89-48-41(29(72)28(71)34(84-48)14(63)4-53)90-44-22(52-12(2)61)27(70)24(67)18(8-57)81-44/h13-48,53-59,62-76,79H,3-10H2,1-2H3,(H,51,60)(H,52,61)(H,77,78)/t13-,14+,15+,16-,17-,18-,19-,20-,21-,22-,23-,24-,25+,26-,27-,28+,29+,30-,31-,32-,33+,34-,35-,36-,37-,38-,39+,40-,41+,42-,43+,44-,45+,46+,47+,48-,50-/m1/s1. The van der Waals surface area contributed by atoms with Crippen LogP contribution < -0.4 is 10.6 Å². The van der Waals surface area contributed by atoms with E-state index < -0.39 is 297 Å². The third-order valence-electron chi connectivity index (χ3n) is 16.6. The lowest BCUT2D eigenvalue weighted by molar-refractivity contribution is -0.415. The monoisotopic (exact) mass is 1350 g/mol. The Kier molecular flexibility index (Phi) is 27.0. The molecule has 92 heavy (non-hydrogen) atoms. The number of carbonyl (C=O) groups is 3. The van der Waals surface area contributed by atoms with Gasteiger partial charge in [0.15, 0.2) is 37.7 Å². The van der Waals surface area contributed by atoms with Crippen molar-refractivity contribution in [3.05, 3.63) is 0 Å². The summed E-state index contributed by atoms with van der Waals surface area (Å²) in [5.41, 5.74) is 0. The SMILES string of the molecule is CC(=O)N[C@H]1[C@H](O[C@H]2[C@@H](O)[C@@H](CO)O[C@@H](O[C@H]3[C@H](O)[C@@H](O)[C@H](O[C@H]4[C@H](O[C@H]5O[C@H]([C@@H](O)CO)[C@@H](O)[C@H](O)[C@@H]5O[C@H]5O[C@H](CO)[C@@H](O)[C@H](O)[C@H]5NC(C)=O)[C@H](O)[C@@H](O[C@H]5[C@@H]([C@H](O)CO)O[C@@](O)(C(=O)O)C[C@H]5O)O[C@@H]4[C@@H](O)CO)O[C@@H]3CO)[C@@H]2O)O[C@H](CO)[C@@H](O)[C@@H]1O. The summed E-state index contributed by atoms with van der Waals surface area (Å²) in [4.78, 5) is 36.7. The van der Waals surface area contributed by atoms with Crippen molar-refractivity contribution >= 4 is 17.8 Å². The summed E-state index contributed by atoms with van der Waals surface area (Å²) in [5, 5.41) is 267. The van der Waals surface area contributed by atoms with Crippen molar-refractivity contribution in [1.29, 1.82) is 0 Å². The number of carboxylic acids is 1. The van der Waals surface area contributed by atoms with Gasteiger partial charge in [-0.15, -0.1) is 0 Å². The Bertz CT molecular complexity index is 2340. The summed E-state index contributed by atoms with van der Waals surface area (Å²) in [6.07, 6.45) is -76.2. The molecule has 0 saturated carbocycles. The van der Waals surface area contributed by atoms with Crippen LogP contribution in [0.3, 0.4) is 0 Å². The molecular weight excluding hydrogens is 1270 g/mol. The predicted molar refractivity (Wildman–Crippen MR) is 278 cm³/mol. The minimum atomic E-state index is -3.29. The molecule has 7 aliphatic rings. The molecule has 0 aromatic heterocycles. The first-order chi connectivity index (χ1) is 43.3. The number of amides is 2. The van der Waals surface area contributed by atoms with E-state index in [-0.39, 0.29) is 0 Å². The fourth-order valence-corrected chi connectivity index (χ4v) is 11.7. The fourth-order valence-electron chi connectivity index (χ4n) is 11.7. The van der Waals surface area contributed by atoms with Gasteiger partial charge in [0, 0.05) is 20.3 Å². The highest BCUT2D eigenvalue weighted by Gasteiger charge is 2.62. The van der Waals surface area contributed by atoms with Gasteiger partial charge in [0.1, 0.15) is 177 Å². The second kappa shape index (κ2) is 32.6. The number of carbonyl (C=O) groups excluding carboxylic acids is 2. The van der Waals surface area contributed by atoms with E-state index in [0.29, 0.717) is 0 Å². The molecule has 0 bridgehead atoms. The van der Waals surface area contributed by atoms with Crippen LogP contribution in [0.1, 0.15) is 20.3 Å². The van der Waals surface area contributed by atoms with E-state index in [1.54, 1.807) is 0 Å². The van der Waals surface area contributed by atoms with E-state index in [4.69, 9.17) is 61.6 Å². The smallest absolute Gasteiger partial charge is 0.364 e. The number of hydrogen-bond acceptors (Lipinski definition) is 39. The molecule has 26 N–H and O–H groups in total.